The van der Waals surface area contributed by atoms with E-state index in [1.165, 1.54) is 0 Å². The van der Waals surface area contributed by atoms with Crippen LogP contribution in [0.15, 0.2) is 52.1 Å². The molecular weight excluding hydrogens is 228 g/mol. The first-order valence-corrected chi connectivity index (χ1v) is 5.83. The van der Waals surface area contributed by atoms with Crippen molar-refractivity contribution in [2.75, 3.05) is 0 Å². The van der Waals surface area contributed by atoms with E-state index in [0.29, 0.717) is 17.8 Å². The Morgan fingerprint density at radius 3 is 2.83 bits per heavy atom. The van der Waals surface area contributed by atoms with Crippen LogP contribution < -0.4 is 5.56 Å². The highest BCUT2D eigenvalue weighted by Crippen LogP contribution is 2.17. The number of hydrogen-bond donors (Lipinski definition) is 0. The number of aromatic nitrogens is 2. The molecule has 4 nitrogen and oxygen atoms in total. The molecule has 0 aliphatic rings. The van der Waals surface area contributed by atoms with Crippen LogP contribution in [0.4, 0.5) is 0 Å². The summed E-state index contributed by atoms with van der Waals surface area (Å²) in [7, 11) is 0. The van der Waals surface area contributed by atoms with Crippen molar-refractivity contribution in [1.29, 1.82) is 0 Å². The topological polar surface area (TPSA) is 48.0 Å². The first kappa shape index (κ1) is 10.8. The fraction of sp³-hybridized carbons (Fsp3) is 0.143. The highest BCUT2D eigenvalue weighted by atomic mass is 16.3. The van der Waals surface area contributed by atoms with Gasteiger partial charge in [-0.05, 0) is 25.1 Å². The molecule has 0 amide bonds. The largest absolute Gasteiger partial charge is 0.472 e. The molecule has 0 aliphatic heterocycles. The Labute approximate surface area is 104 Å². The van der Waals surface area contributed by atoms with Gasteiger partial charge in [-0.1, -0.05) is 12.1 Å². The minimum Gasteiger partial charge on any atom is -0.472 e. The number of aryl methyl sites for hydroxylation is 1. The summed E-state index contributed by atoms with van der Waals surface area (Å²) in [5.74, 6) is 0. The summed E-state index contributed by atoms with van der Waals surface area (Å²) < 4.78 is 6.75. The number of hydrogen-bond acceptors (Lipinski definition) is 3. The molecule has 0 saturated carbocycles. The Hall–Kier alpha value is -2.36. The van der Waals surface area contributed by atoms with Gasteiger partial charge < -0.3 is 8.98 Å². The molecule has 3 aromatic rings. The Kier molecular flexibility index (Phi) is 2.48. The standard InChI is InChI=1S/C14H12N2O2/c1-2-16-12-6-4-3-5-11(12)15-13(14(16)17)10-7-8-18-9-10/h3-9H,2H2,1H3. The van der Waals surface area contributed by atoms with Crippen LogP contribution in [0, 0.1) is 0 Å². The minimum atomic E-state index is -0.0856. The SMILES string of the molecule is CCn1c(=O)c(-c2ccoc2)nc2ccccc21. The second kappa shape index (κ2) is 4.14. The lowest BCUT2D eigenvalue weighted by molar-refractivity contribution is 0.568. The summed E-state index contributed by atoms with van der Waals surface area (Å²) in [5, 5.41) is 0. The molecule has 1 aromatic carbocycles. The lowest BCUT2D eigenvalue weighted by Crippen LogP contribution is -2.22. The minimum absolute atomic E-state index is 0.0856. The molecule has 18 heavy (non-hydrogen) atoms. The fourth-order valence-electron chi connectivity index (χ4n) is 2.09. The van der Waals surface area contributed by atoms with Gasteiger partial charge in [-0.15, -0.1) is 0 Å². The van der Waals surface area contributed by atoms with E-state index in [0.717, 1.165) is 11.0 Å². The molecule has 0 aliphatic carbocycles. The summed E-state index contributed by atoms with van der Waals surface area (Å²) in [5.41, 5.74) is 2.74. The molecule has 4 heteroatoms. The van der Waals surface area contributed by atoms with Gasteiger partial charge in [-0.3, -0.25) is 4.79 Å². The van der Waals surface area contributed by atoms with Gasteiger partial charge in [0.2, 0.25) is 0 Å². The van der Waals surface area contributed by atoms with Gasteiger partial charge in [-0.2, -0.15) is 0 Å². The first-order valence-electron chi connectivity index (χ1n) is 5.83. The van der Waals surface area contributed by atoms with Crippen LogP contribution in [-0.2, 0) is 6.54 Å². The summed E-state index contributed by atoms with van der Waals surface area (Å²) in [6.07, 6.45) is 3.08. The third-order valence-electron chi connectivity index (χ3n) is 2.96. The number of fused-ring (bicyclic) bond motifs is 1. The number of nitrogens with zero attached hydrogens (tertiary/aromatic N) is 2. The molecule has 0 fully saturated rings. The molecule has 0 radical (unpaired) electrons. The van der Waals surface area contributed by atoms with E-state index < -0.39 is 0 Å². The molecule has 0 N–H and O–H groups in total. The smallest absolute Gasteiger partial charge is 0.277 e. The first-order chi connectivity index (χ1) is 8.81. The highest BCUT2D eigenvalue weighted by molar-refractivity contribution is 5.77. The summed E-state index contributed by atoms with van der Waals surface area (Å²) >= 11 is 0. The molecule has 0 atom stereocenters. The van der Waals surface area contributed by atoms with Crippen molar-refractivity contribution in [3.63, 3.8) is 0 Å². The Morgan fingerprint density at radius 2 is 2.11 bits per heavy atom. The molecule has 90 valence electrons. The van der Waals surface area contributed by atoms with Crippen LogP contribution in [0.3, 0.4) is 0 Å². The van der Waals surface area contributed by atoms with E-state index in [1.807, 2.05) is 31.2 Å². The van der Waals surface area contributed by atoms with Crippen LogP contribution >= 0.6 is 0 Å². The van der Waals surface area contributed by atoms with Crippen molar-refractivity contribution in [1.82, 2.24) is 9.55 Å². The van der Waals surface area contributed by atoms with Gasteiger partial charge in [0, 0.05) is 12.1 Å². The van der Waals surface area contributed by atoms with Crippen LogP contribution in [0.2, 0.25) is 0 Å². The Bertz CT molecular complexity index is 742. The van der Waals surface area contributed by atoms with E-state index in [9.17, 15) is 4.79 Å². The maximum absolute atomic E-state index is 12.4. The zero-order valence-electron chi connectivity index (χ0n) is 9.96. The zero-order chi connectivity index (χ0) is 12.5. The maximum atomic E-state index is 12.4. The van der Waals surface area contributed by atoms with Crippen LogP contribution in [0.25, 0.3) is 22.3 Å². The molecule has 0 unspecified atom stereocenters. The lowest BCUT2D eigenvalue weighted by atomic mass is 10.2. The predicted octanol–water partition coefficient (Wildman–Crippen LogP) is 2.68. The van der Waals surface area contributed by atoms with Crippen molar-refractivity contribution in [3.8, 4) is 11.3 Å². The number of furan rings is 1. The van der Waals surface area contributed by atoms with Crippen LogP contribution in [-0.4, -0.2) is 9.55 Å². The van der Waals surface area contributed by atoms with Crippen LogP contribution in [0.1, 0.15) is 6.92 Å². The van der Waals surface area contributed by atoms with Crippen molar-refractivity contribution in [2.45, 2.75) is 13.5 Å². The van der Waals surface area contributed by atoms with Gasteiger partial charge in [-0.25, -0.2) is 4.98 Å². The summed E-state index contributed by atoms with van der Waals surface area (Å²) in [4.78, 5) is 16.8. The number of benzene rings is 1. The van der Waals surface area contributed by atoms with Crippen molar-refractivity contribution < 1.29 is 4.42 Å². The molecular formula is C14H12N2O2. The van der Waals surface area contributed by atoms with E-state index in [4.69, 9.17) is 4.42 Å². The van der Waals surface area contributed by atoms with Gasteiger partial charge in [0.15, 0.2) is 0 Å². The molecule has 2 aromatic heterocycles. The Morgan fingerprint density at radius 1 is 1.28 bits per heavy atom. The summed E-state index contributed by atoms with van der Waals surface area (Å²) in [6.45, 7) is 2.57. The third-order valence-corrected chi connectivity index (χ3v) is 2.96. The molecule has 2 heterocycles. The fourth-order valence-corrected chi connectivity index (χ4v) is 2.09. The van der Waals surface area contributed by atoms with E-state index in [-0.39, 0.29) is 5.56 Å². The molecule has 0 bridgehead atoms. The van der Waals surface area contributed by atoms with E-state index in [1.54, 1.807) is 23.2 Å². The van der Waals surface area contributed by atoms with Crippen molar-refractivity contribution >= 4 is 11.0 Å². The van der Waals surface area contributed by atoms with Crippen LogP contribution in [0.5, 0.6) is 0 Å². The normalized spacial score (nSPS) is 10.9. The van der Waals surface area contributed by atoms with E-state index >= 15 is 0 Å². The van der Waals surface area contributed by atoms with Gasteiger partial charge >= 0.3 is 0 Å². The third kappa shape index (κ3) is 1.54. The van der Waals surface area contributed by atoms with E-state index in [2.05, 4.69) is 4.98 Å². The predicted molar refractivity (Wildman–Crippen MR) is 69.4 cm³/mol. The quantitative estimate of drug-likeness (QED) is 0.692. The molecule has 0 saturated heterocycles. The van der Waals surface area contributed by atoms with Gasteiger partial charge in [0.05, 0.1) is 23.6 Å². The second-order valence-corrected chi connectivity index (χ2v) is 4.01. The highest BCUT2D eigenvalue weighted by Gasteiger charge is 2.12. The lowest BCUT2D eigenvalue weighted by Gasteiger charge is -2.09. The monoisotopic (exact) mass is 240 g/mol. The summed E-state index contributed by atoms with van der Waals surface area (Å²) in [6, 6.07) is 9.39. The second-order valence-electron chi connectivity index (χ2n) is 4.01. The molecule has 0 spiro atoms. The average Bonchev–Trinajstić information content (AvgIpc) is 2.92. The average molecular weight is 240 g/mol. The maximum Gasteiger partial charge on any atom is 0.277 e. The zero-order valence-corrected chi connectivity index (χ0v) is 9.96. The number of para-hydroxylation sites is 2. The van der Waals surface area contributed by atoms with Crippen molar-refractivity contribution in [2.24, 2.45) is 0 Å². The van der Waals surface area contributed by atoms with Gasteiger partial charge in [0.1, 0.15) is 5.69 Å². The molecule has 3 rings (SSSR count). The van der Waals surface area contributed by atoms with Gasteiger partial charge in [0.25, 0.3) is 5.56 Å². The number of rotatable bonds is 2. The Balaban J connectivity index is 2.41. The van der Waals surface area contributed by atoms with Crippen molar-refractivity contribution in [3.05, 3.63) is 53.2 Å².